The van der Waals surface area contributed by atoms with Crippen molar-refractivity contribution in [3.8, 4) is 16.9 Å². The van der Waals surface area contributed by atoms with Crippen molar-refractivity contribution in [1.82, 2.24) is 9.97 Å². The van der Waals surface area contributed by atoms with E-state index in [0.717, 1.165) is 0 Å². The van der Waals surface area contributed by atoms with Crippen molar-refractivity contribution in [2.45, 2.75) is 6.18 Å². The minimum absolute atomic E-state index is 0.00895. The minimum atomic E-state index is -4.53. The van der Waals surface area contributed by atoms with Gasteiger partial charge in [-0.15, -0.1) is 0 Å². The Balaban J connectivity index is 2.15. The van der Waals surface area contributed by atoms with Gasteiger partial charge in [-0.1, -0.05) is 17.7 Å². The van der Waals surface area contributed by atoms with Crippen LogP contribution < -0.4 is 0 Å². The van der Waals surface area contributed by atoms with E-state index < -0.39 is 12.0 Å². The van der Waals surface area contributed by atoms with Gasteiger partial charge in [0.25, 0.3) is 0 Å². The Morgan fingerprint density at radius 3 is 2.57 bits per heavy atom. The standard InChI is InChI=1S/C14H8ClF3N2O/c15-8-2-4-12(21)9(6-8)7-1-3-10-11(5-7)20-13(19-10)14(16,17)18/h1-6,21H,(H,19,20). The SMILES string of the molecule is Oc1ccc(Cl)cc1-c1ccc2[nH]c(C(F)(F)F)nc2c1. The number of nitrogens with one attached hydrogen (secondary N) is 1. The third-order valence-corrected chi connectivity index (χ3v) is 3.26. The molecule has 3 rings (SSSR count). The predicted octanol–water partition coefficient (Wildman–Crippen LogP) is 4.61. The van der Waals surface area contributed by atoms with Crippen molar-refractivity contribution in [2.75, 3.05) is 0 Å². The van der Waals surface area contributed by atoms with Gasteiger partial charge in [-0.2, -0.15) is 13.2 Å². The van der Waals surface area contributed by atoms with E-state index in [4.69, 9.17) is 11.6 Å². The van der Waals surface area contributed by atoms with Crippen LogP contribution in [0.2, 0.25) is 5.02 Å². The van der Waals surface area contributed by atoms with Crippen LogP contribution in [0.1, 0.15) is 5.82 Å². The second-order valence-electron chi connectivity index (χ2n) is 4.48. The molecule has 1 aromatic heterocycles. The van der Waals surface area contributed by atoms with Crippen molar-refractivity contribution < 1.29 is 18.3 Å². The third-order valence-electron chi connectivity index (χ3n) is 3.02. The molecule has 2 N–H and O–H groups in total. The molecule has 0 fully saturated rings. The highest BCUT2D eigenvalue weighted by molar-refractivity contribution is 6.31. The zero-order valence-electron chi connectivity index (χ0n) is 10.4. The van der Waals surface area contributed by atoms with Gasteiger partial charge in [0.1, 0.15) is 5.75 Å². The van der Waals surface area contributed by atoms with Gasteiger partial charge in [0.05, 0.1) is 11.0 Å². The first-order chi connectivity index (χ1) is 9.84. The number of phenolic OH excluding ortho intramolecular Hbond substituents is 1. The number of imidazole rings is 1. The molecule has 0 amide bonds. The third kappa shape index (κ3) is 2.54. The van der Waals surface area contributed by atoms with Crippen LogP contribution in [0.4, 0.5) is 13.2 Å². The second kappa shape index (κ2) is 4.66. The Morgan fingerprint density at radius 2 is 1.86 bits per heavy atom. The maximum absolute atomic E-state index is 12.6. The number of rotatable bonds is 1. The number of nitrogens with zero attached hydrogens (tertiary/aromatic N) is 1. The smallest absolute Gasteiger partial charge is 0.449 e. The largest absolute Gasteiger partial charge is 0.507 e. The van der Waals surface area contributed by atoms with Gasteiger partial charge >= 0.3 is 6.18 Å². The molecule has 2 aromatic carbocycles. The molecule has 0 spiro atoms. The summed E-state index contributed by atoms with van der Waals surface area (Å²) in [6.45, 7) is 0. The number of hydrogen-bond donors (Lipinski definition) is 2. The summed E-state index contributed by atoms with van der Waals surface area (Å²) in [5.74, 6) is -1.06. The average molecular weight is 313 g/mol. The second-order valence-corrected chi connectivity index (χ2v) is 4.91. The van der Waals surface area contributed by atoms with E-state index in [9.17, 15) is 18.3 Å². The van der Waals surface area contributed by atoms with Crippen LogP contribution in [0.5, 0.6) is 5.75 Å². The molecule has 1 heterocycles. The monoisotopic (exact) mass is 312 g/mol. The van der Waals surface area contributed by atoms with E-state index in [-0.39, 0.29) is 16.8 Å². The van der Waals surface area contributed by atoms with Crippen LogP contribution in [0.3, 0.4) is 0 Å². The average Bonchev–Trinajstić information content (AvgIpc) is 2.84. The summed E-state index contributed by atoms with van der Waals surface area (Å²) in [7, 11) is 0. The molecule has 0 aliphatic heterocycles. The topological polar surface area (TPSA) is 48.9 Å². The van der Waals surface area contributed by atoms with E-state index in [1.54, 1.807) is 6.07 Å². The number of aromatic hydroxyl groups is 1. The van der Waals surface area contributed by atoms with Gasteiger partial charge in [0.2, 0.25) is 5.82 Å². The van der Waals surface area contributed by atoms with Gasteiger partial charge in [-0.3, -0.25) is 0 Å². The first kappa shape index (κ1) is 13.8. The molecule has 0 aliphatic rings. The number of benzene rings is 2. The van der Waals surface area contributed by atoms with Crippen LogP contribution in [0.25, 0.3) is 22.2 Å². The molecule has 3 aromatic rings. The van der Waals surface area contributed by atoms with Crippen molar-refractivity contribution >= 4 is 22.6 Å². The highest BCUT2D eigenvalue weighted by atomic mass is 35.5. The molecule has 7 heteroatoms. The molecule has 108 valence electrons. The number of hydrogen-bond acceptors (Lipinski definition) is 2. The van der Waals surface area contributed by atoms with Crippen molar-refractivity contribution in [3.05, 3.63) is 47.2 Å². The van der Waals surface area contributed by atoms with Gasteiger partial charge in [-0.25, -0.2) is 4.98 Å². The predicted molar refractivity (Wildman–Crippen MR) is 73.2 cm³/mol. The number of alkyl halides is 3. The van der Waals surface area contributed by atoms with Crippen LogP contribution in [-0.2, 0) is 6.18 Å². The number of halogens is 4. The van der Waals surface area contributed by atoms with Crippen LogP contribution >= 0.6 is 11.6 Å². The first-order valence-corrected chi connectivity index (χ1v) is 6.28. The summed E-state index contributed by atoms with van der Waals surface area (Å²) in [6.07, 6.45) is -4.53. The van der Waals surface area contributed by atoms with Gasteiger partial charge in [0.15, 0.2) is 0 Å². The molecule has 0 bridgehead atoms. The number of H-pyrrole nitrogens is 1. The quantitative estimate of drug-likeness (QED) is 0.689. The van der Waals surface area contributed by atoms with Crippen molar-refractivity contribution in [1.29, 1.82) is 0 Å². The zero-order chi connectivity index (χ0) is 15.2. The lowest BCUT2D eigenvalue weighted by atomic mass is 10.0. The van der Waals surface area contributed by atoms with E-state index in [1.807, 2.05) is 0 Å². The number of aromatic nitrogens is 2. The molecular formula is C14H8ClF3N2O. The molecule has 0 atom stereocenters. The van der Waals surface area contributed by atoms with Gasteiger partial charge in [0, 0.05) is 10.6 Å². The van der Waals surface area contributed by atoms with E-state index in [0.29, 0.717) is 16.1 Å². The molecular weight excluding hydrogens is 305 g/mol. The Hall–Kier alpha value is -2.21. The van der Waals surface area contributed by atoms with Crippen LogP contribution in [-0.4, -0.2) is 15.1 Å². The summed E-state index contributed by atoms with van der Waals surface area (Å²) in [5, 5.41) is 10.2. The maximum atomic E-state index is 12.6. The van der Waals surface area contributed by atoms with E-state index >= 15 is 0 Å². The summed E-state index contributed by atoms with van der Waals surface area (Å²) in [6, 6.07) is 9.02. The van der Waals surface area contributed by atoms with Gasteiger partial charge < -0.3 is 10.1 Å². The molecule has 21 heavy (non-hydrogen) atoms. The van der Waals surface area contributed by atoms with E-state index in [2.05, 4.69) is 9.97 Å². The fraction of sp³-hybridized carbons (Fsp3) is 0.0714. The number of fused-ring (bicyclic) bond motifs is 1. The summed E-state index contributed by atoms with van der Waals surface area (Å²) in [4.78, 5) is 5.74. The fourth-order valence-electron chi connectivity index (χ4n) is 2.05. The summed E-state index contributed by atoms with van der Waals surface area (Å²) in [5.41, 5.74) is 1.40. The molecule has 0 unspecified atom stereocenters. The molecule has 3 nitrogen and oxygen atoms in total. The fourth-order valence-corrected chi connectivity index (χ4v) is 2.22. The first-order valence-electron chi connectivity index (χ1n) is 5.90. The highest BCUT2D eigenvalue weighted by Crippen LogP contribution is 2.34. The Morgan fingerprint density at radius 1 is 1.10 bits per heavy atom. The Labute approximate surface area is 122 Å². The normalized spacial score (nSPS) is 12.0. The lowest BCUT2D eigenvalue weighted by Crippen LogP contribution is -2.06. The number of phenols is 1. The minimum Gasteiger partial charge on any atom is -0.507 e. The maximum Gasteiger partial charge on any atom is 0.449 e. The van der Waals surface area contributed by atoms with E-state index in [1.165, 1.54) is 30.3 Å². The van der Waals surface area contributed by atoms with Crippen molar-refractivity contribution in [2.24, 2.45) is 0 Å². The van der Waals surface area contributed by atoms with Gasteiger partial charge in [-0.05, 0) is 35.9 Å². The Bertz CT molecular complexity index is 827. The molecule has 0 aliphatic carbocycles. The number of aromatic amines is 1. The van der Waals surface area contributed by atoms with Crippen LogP contribution in [0, 0.1) is 0 Å². The Kier molecular flexibility index (Phi) is 3.06. The van der Waals surface area contributed by atoms with Crippen LogP contribution in [0.15, 0.2) is 36.4 Å². The summed E-state index contributed by atoms with van der Waals surface area (Å²) < 4.78 is 37.8. The summed E-state index contributed by atoms with van der Waals surface area (Å²) >= 11 is 5.87. The van der Waals surface area contributed by atoms with Crippen molar-refractivity contribution in [3.63, 3.8) is 0 Å². The lowest BCUT2D eigenvalue weighted by molar-refractivity contribution is -0.144. The highest BCUT2D eigenvalue weighted by Gasteiger charge is 2.34. The molecule has 0 radical (unpaired) electrons. The molecule has 0 saturated heterocycles. The lowest BCUT2D eigenvalue weighted by Gasteiger charge is -2.05. The zero-order valence-corrected chi connectivity index (χ0v) is 11.1. The molecule has 0 saturated carbocycles.